The van der Waals surface area contributed by atoms with Crippen LogP contribution in [0, 0.1) is 12.8 Å². The summed E-state index contributed by atoms with van der Waals surface area (Å²) in [7, 11) is -3.54. The van der Waals surface area contributed by atoms with Crippen molar-refractivity contribution >= 4 is 27.3 Å². The van der Waals surface area contributed by atoms with E-state index < -0.39 is 10.0 Å². The number of sulfonamides is 1. The predicted molar refractivity (Wildman–Crippen MR) is 117 cm³/mol. The van der Waals surface area contributed by atoms with Gasteiger partial charge < -0.3 is 10.1 Å². The van der Waals surface area contributed by atoms with Gasteiger partial charge in [0.15, 0.2) is 0 Å². The maximum absolute atomic E-state index is 13.2. The first-order chi connectivity index (χ1) is 14.2. The molecule has 30 heavy (non-hydrogen) atoms. The quantitative estimate of drug-likeness (QED) is 0.770. The van der Waals surface area contributed by atoms with E-state index in [1.54, 1.807) is 17.5 Å². The van der Waals surface area contributed by atoms with Gasteiger partial charge in [-0.2, -0.15) is 4.31 Å². The molecule has 0 saturated carbocycles. The average Bonchev–Trinajstić information content (AvgIpc) is 3.24. The molecule has 1 saturated heterocycles. The molecule has 0 bridgehead atoms. The van der Waals surface area contributed by atoms with Crippen molar-refractivity contribution in [2.45, 2.75) is 55.9 Å². The van der Waals surface area contributed by atoms with Crippen LogP contribution >= 0.6 is 11.3 Å². The zero-order valence-corrected chi connectivity index (χ0v) is 19.2. The van der Waals surface area contributed by atoms with Crippen LogP contribution in [0.2, 0.25) is 0 Å². The van der Waals surface area contributed by atoms with Gasteiger partial charge in [-0.1, -0.05) is 23.8 Å². The lowest BCUT2D eigenvalue weighted by atomic mass is 9.88. The summed E-state index contributed by atoms with van der Waals surface area (Å²) < 4.78 is 33.6. The normalized spacial score (nSPS) is 24.0. The van der Waals surface area contributed by atoms with E-state index in [1.165, 1.54) is 15.6 Å². The molecule has 6 nitrogen and oxygen atoms in total. The number of aryl methyl sites for hydroxylation is 1. The first-order valence-electron chi connectivity index (χ1n) is 10.3. The summed E-state index contributed by atoms with van der Waals surface area (Å²) in [4.78, 5) is 13.2. The van der Waals surface area contributed by atoms with Crippen molar-refractivity contribution in [3.05, 3.63) is 46.8 Å². The van der Waals surface area contributed by atoms with Gasteiger partial charge >= 0.3 is 0 Å². The fraction of sp³-hybridized carbons (Fsp3) is 0.500. The van der Waals surface area contributed by atoms with Crippen molar-refractivity contribution in [1.29, 1.82) is 0 Å². The number of carbonyl (C=O) groups is 1. The highest BCUT2D eigenvalue weighted by Gasteiger charge is 2.38. The van der Waals surface area contributed by atoms with E-state index in [0.29, 0.717) is 30.0 Å². The number of rotatable bonds is 4. The lowest BCUT2D eigenvalue weighted by Gasteiger charge is -2.39. The van der Waals surface area contributed by atoms with Crippen LogP contribution in [0.25, 0.3) is 0 Å². The number of fused-ring (bicyclic) bond motifs is 1. The van der Waals surface area contributed by atoms with Crippen LogP contribution in [-0.4, -0.2) is 37.3 Å². The largest absolute Gasteiger partial charge is 0.487 e. The molecular formula is C22H28N2O4S2. The molecule has 0 unspecified atom stereocenters. The minimum absolute atomic E-state index is 0.0868. The van der Waals surface area contributed by atoms with Gasteiger partial charge in [-0.05, 0) is 51.1 Å². The third-order valence-corrected chi connectivity index (χ3v) is 9.02. The average molecular weight is 449 g/mol. The number of benzene rings is 1. The maximum Gasteiger partial charge on any atom is 0.252 e. The smallest absolute Gasteiger partial charge is 0.252 e. The van der Waals surface area contributed by atoms with Gasteiger partial charge in [-0.3, -0.25) is 4.79 Å². The third-order valence-electron chi connectivity index (χ3n) is 5.78. The Morgan fingerprint density at radius 2 is 2.10 bits per heavy atom. The van der Waals surface area contributed by atoms with Crippen molar-refractivity contribution in [3.63, 3.8) is 0 Å². The molecule has 1 fully saturated rings. The van der Waals surface area contributed by atoms with Gasteiger partial charge in [0.25, 0.3) is 10.0 Å². The summed E-state index contributed by atoms with van der Waals surface area (Å²) in [5.41, 5.74) is 1.71. The highest BCUT2D eigenvalue weighted by Crippen LogP contribution is 2.40. The molecule has 2 aliphatic heterocycles. The van der Waals surface area contributed by atoms with Gasteiger partial charge in [0.1, 0.15) is 15.6 Å². The summed E-state index contributed by atoms with van der Waals surface area (Å²) >= 11 is 1.21. The number of carbonyl (C=O) groups excluding carboxylic acids is 1. The van der Waals surface area contributed by atoms with E-state index in [9.17, 15) is 13.2 Å². The monoisotopic (exact) mass is 448 g/mol. The lowest BCUT2D eigenvalue weighted by Crippen LogP contribution is -2.47. The Balaban J connectivity index is 1.51. The van der Waals surface area contributed by atoms with Crippen LogP contribution in [0.1, 0.15) is 50.3 Å². The Kier molecular flexibility index (Phi) is 5.67. The second-order valence-electron chi connectivity index (χ2n) is 8.80. The molecule has 0 radical (unpaired) electrons. The van der Waals surface area contributed by atoms with Crippen molar-refractivity contribution < 1.29 is 17.9 Å². The second kappa shape index (κ2) is 7.98. The van der Waals surface area contributed by atoms with Crippen LogP contribution in [-0.2, 0) is 14.8 Å². The van der Waals surface area contributed by atoms with Crippen molar-refractivity contribution in [2.75, 3.05) is 13.1 Å². The van der Waals surface area contributed by atoms with Gasteiger partial charge in [0.2, 0.25) is 5.91 Å². The molecular weight excluding hydrogens is 420 g/mol. The molecule has 0 spiro atoms. The standard InChI is InChI=1S/C22H28N2O4S2/c1-15-8-9-19-17(12-15)18(13-22(2,3)28-19)23-21(25)16-6-4-10-24(14-16)30(26,27)20-7-5-11-29-20/h5,7-9,11-12,16,18H,4,6,10,13-14H2,1-3H3,(H,23,25)/t16-,18-/m1/s1. The zero-order valence-electron chi connectivity index (χ0n) is 17.6. The van der Waals surface area contributed by atoms with Gasteiger partial charge in [0, 0.05) is 25.1 Å². The molecule has 1 N–H and O–H groups in total. The summed E-state index contributed by atoms with van der Waals surface area (Å²) in [6.45, 7) is 6.73. The van der Waals surface area contributed by atoms with E-state index in [2.05, 4.69) is 11.4 Å². The number of amides is 1. The minimum atomic E-state index is -3.54. The first-order valence-corrected chi connectivity index (χ1v) is 12.6. The molecule has 2 aromatic rings. The van der Waals surface area contributed by atoms with Crippen molar-refractivity contribution in [3.8, 4) is 5.75 Å². The van der Waals surface area contributed by atoms with Crippen LogP contribution in [0.4, 0.5) is 0 Å². The SMILES string of the molecule is Cc1ccc2c(c1)[C@H](NC(=O)[C@@H]1CCCN(S(=O)(=O)c3cccs3)C1)CC(C)(C)O2. The maximum atomic E-state index is 13.2. The molecule has 0 aliphatic carbocycles. The van der Waals surface area contributed by atoms with Gasteiger partial charge in [0.05, 0.1) is 12.0 Å². The van der Waals surface area contributed by atoms with Crippen LogP contribution in [0.15, 0.2) is 39.9 Å². The lowest BCUT2D eigenvalue weighted by molar-refractivity contribution is -0.127. The predicted octanol–water partition coefficient (Wildman–Crippen LogP) is 3.88. The van der Waals surface area contributed by atoms with Crippen molar-refractivity contribution in [2.24, 2.45) is 5.92 Å². The fourth-order valence-corrected chi connectivity index (χ4v) is 6.97. The Morgan fingerprint density at radius 3 is 2.83 bits per heavy atom. The van der Waals surface area contributed by atoms with E-state index in [-0.39, 0.29) is 30.0 Å². The molecule has 1 amide bonds. The van der Waals surface area contributed by atoms with E-state index >= 15 is 0 Å². The molecule has 4 rings (SSSR count). The summed E-state index contributed by atoms with van der Waals surface area (Å²) in [5.74, 6) is 0.358. The highest BCUT2D eigenvalue weighted by atomic mass is 32.2. The number of hydrogen-bond acceptors (Lipinski definition) is 5. The van der Waals surface area contributed by atoms with E-state index in [1.807, 2.05) is 32.9 Å². The number of thiophene rings is 1. The minimum Gasteiger partial charge on any atom is -0.487 e. The van der Waals surface area contributed by atoms with E-state index in [0.717, 1.165) is 16.9 Å². The number of nitrogens with one attached hydrogen (secondary N) is 1. The Labute approximate surface area is 182 Å². The third kappa shape index (κ3) is 4.26. The van der Waals surface area contributed by atoms with Crippen LogP contribution in [0.3, 0.4) is 0 Å². The van der Waals surface area contributed by atoms with Gasteiger partial charge in [-0.15, -0.1) is 11.3 Å². The molecule has 162 valence electrons. The molecule has 2 aliphatic rings. The van der Waals surface area contributed by atoms with Gasteiger partial charge in [-0.25, -0.2) is 8.42 Å². The topological polar surface area (TPSA) is 75.7 Å². The Hall–Kier alpha value is -1.90. The van der Waals surface area contributed by atoms with Crippen molar-refractivity contribution in [1.82, 2.24) is 9.62 Å². The fourth-order valence-electron chi connectivity index (χ4n) is 4.30. The second-order valence-corrected chi connectivity index (χ2v) is 11.9. The highest BCUT2D eigenvalue weighted by molar-refractivity contribution is 7.91. The molecule has 3 heterocycles. The number of ether oxygens (including phenoxy) is 1. The Bertz CT molecular complexity index is 1030. The molecule has 1 aromatic heterocycles. The molecule has 1 aromatic carbocycles. The first kappa shape index (κ1) is 21.3. The number of hydrogen-bond donors (Lipinski definition) is 1. The zero-order chi connectivity index (χ0) is 21.5. The van der Waals surface area contributed by atoms with Crippen LogP contribution < -0.4 is 10.1 Å². The Morgan fingerprint density at radius 1 is 1.30 bits per heavy atom. The van der Waals surface area contributed by atoms with E-state index in [4.69, 9.17) is 4.74 Å². The summed E-state index contributed by atoms with van der Waals surface area (Å²) in [5, 5.41) is 4.95. The summed E-state index contributed by atoms with van der Waals surface area (Å²) in [6, 6.07) is 9.23. The molecule has 2 atom stereocenters. The van der Waals surface area contributed by atoms with Crippen LogP contribution in [0.5, 0.6) is 5.75 Å². The number of nitrogens with zero attached hydrogens (tertiary/aromatic N) is 1. The number of piperidine rings is 1. The summed E-state index contributed by atoms with van der Waals surface area (Å²) in [6.07, 6.45) is 2.03. The molecule has 8 heteroatoms.